The van der Waals surface area contributed by atoms with E-state index in [0.717, 1.165) is 22.6 Å². The number of nitrogens with one attached hydrogen (secondary N) is 1. The van der Waals surface area contributed by atoms with Gasteiger partial charge in [-0.25, -0.2) is 0 Å². The van der Waals surface area contributed by atoms with E-state index in [1.807, 2.05) is 0 Å². The molecule has 0 radical (unpaired) electrons. The van der Waals surface area contributed by atoms with Gasteiger partial charge in [0.2, 0.25) is 0 Å². The summed E-state index contributed by atoms with van der Waals surface area (Å²) in [6.45, 7) is -0.174. The number of hydrogen-bond acceptors (Lipinski definition) is 5. The molecule has 2 atom stereocenters. The summed E-state index contributed by atoms with van der Waals surface area (Å²) in [4.78, 5) is 13.7. The topological polar surface area (TPSA) is 93.6 Å². The van der Waals surface area contributed by atoms with Gasteiger partial charge in [-0.3, -0.25) is 4.79 Å². The third-order valence-corrected chi connectivity index (χ3v) is 3.54. The molecule has 0 aliphatic rings. The first kappa shape index (κ1) is 14.0. The molecule has 0 aliphatic carbocycles. The fraction of sp³-hybridized carbons (Fsp3) is 0.308. The number of thiazole rings is 1. The Hall–Kier alpha value is -1.47. The lowest BCUT2D eigenvalue weighted by Crippen LogP contribution is -2.19. The van der Waals surface area contributed by atoms with Crippen LogP contribution in [0.1, 0.15) is 18.1 Å². The van der Waals surface area contributed by atoms with Gasteiger partial charge in [-0.15, -0.1) is 0 Å². The number of benzene rings is 1. The van der Waals surface area contributed by atoms with Crippen LogP contribution in [-0.2, 0) is 0 Å². The normalized spacial score (nSPS) is 14.3. The van der Waals surface area contributed by atoms with E-state index in [9.17, 15) is 15.0 Å². The molecule has 19 heavy (non-hydrogen) atoms. The predicted octanol–water partition coefficient (Wildman–Crippen LogP) is 0.880. The number of H-pyrrole nitrogens is 1. The Bertz CT molecular complexity index is 575. The quantitative estimate of drug-likeness (QED) is 0.654. The lowest BCUT2D eigenvalue weighted by atomic mass is 10.0. The van der Waals surface area contributed by atoms with Crippen molar-refractivity contribution in [1.29, 1.82) is 0 Å². The van der Waals surface area contributed by atoms with Crippen LogP contribution in [-0.4, -0.2) is 33.0 Å². The average Bonchev–Trinajstić information content (AvgIpc) is 2.85. The standard InChI is InChI=1S/C13H15NO4S/c15-6-5-11(16)12(17)9-3-1-8(2-4-9)10-7-19-13(18)14-10/h1-4,7,11-12,15-17H,5-6H2,(H,14,18). The maximum atomic E-state index is 11.1. The zero-order valence-corrected chi connectivity index (χ0v) is 10.9. The van der Waals surface area contributed by atoms with Gasteiger partial charge in [0.1, 0.15) is 6.10 Å². The van der Waals surface area contributed by atoms with E-state index in [2.05, 4.69) is 4.98 Å². The number of hydrogen-bond donors (Lipinski definition) is 4. The maximum absolute atomic E-state index is 11.1. The molecule has 0 spiro atoms. The Kier molecular flexibility index (Phi) is 4.49. The lowest BCUT2D eigenvalue weighted by Gasteiger charge is -2.17. The molecule has 4 N–H and O–H groups in total. The molecule has 0 bridgehead atoms. The van der Waals surface area contributed by atoms with Crippen LogP contribution in [0.4, 0.5) is 0 Å². The van der Waals surface area contributed by atoms with E-state index >= 15 is 0 Å². The molecule has 2 unspecified atom stereocenters. The molecule has 1 aromatic carbocycles. The van der Waals surface area contributed by atoms with Gasteiger partial charge in [0.25, 0.3) is 0 Å². The molecule has 0 saturated heterocycles. The Morgan fingerprint density at radius 2 is 1.89 bits per heavy atom. The van der Waals surface area contributed by atoms with Crippen LogP contribution in [0.2, 0.25) is 0 Å². The van der Waals surface area contributed by atoms with E-state index in [1.165, 1.54) is 0 Å². The molecule has 0 saturated carbocycles. The third kappa shape index (κ3) is 3.30. The lowest BCUT2D eigenvalue weighted by molar-refractivity contribution is 0.00422. The fourth-order valence-corrected chi connectivity index (χ4v) is 2.38. The van der Waals surface area contributed by atoms with Gasteiger partial charge in [0.05, 0.1) is 11.8 Å². The van der Waals surface area contributed by atoms with E-state index in [1.54, 1.807) is 29.6 Å². The van der Waals surface area contributed by atoms with E-state index in [0.29, 0.717) is 5.56 Å². The molecule has 0 fully saturated rings. The van der Waals surface area contributed by atoms with Gasteiger partial charge in [-0.2, -0.15) is 0 Å². The zero-order chi connectivity index (χ0) is 13.8. The van der Waals surface area contributed by atoms with Crippen molar-refractivity contribution < 1.29 is 15.3 Å². The molecule has 6 heteroatoms. The van der Waals surface area contributed by atoms with Crippen molar-refractivity contribution in [3.05, 3.63) is 44.9 Å². The molecule has 1 aromatic heterocycles. The smallest absolute Gasteiger partial charge is 0.304 e. The molecule has 1 heterocycles. The number of aliphatic hydroxyl groups is 3. The van der Waals surface area contributed by atoms with Crippen LogP contribution < -0.4 is 4.87 Å². The van der Waals surface area contributed by atoms with Crippen LogP contribution >= 0.6 is 11.3 Å². The van der Waals surface area contributed by atoms with Gasteiger partial charge in [-0.05, 0) is 17.5 Å². The number of aromatic amines is 1. The Morgan fingerprint density at radius 1 is 1.21 bits per heavy atom. The van der Waals surface area contributed by atoms with Crippen molar-refractivity contribution in [3.63, 3.8) is 0 Å². The molecule has 0 amide bonds. The molecule has 2 rings (SSSR count). The van der Waals surface area contributed by atoms with E-state index in [-0.39, 0.29) is 17.9 Å². The largest absolute Gasteiger partial charge is 0.396 e. The SMILES string of the molecule is O=c1[nH]c(-c2ccc(C(O)C(O)CCO)cc2)cs1. The van der Waals surface area contributed by atoms with Crippen molar-refractivity contribution in [2.45, 2.75) is 18.6 Å². The average molecular weight is 281 g/mol. The Balaban J connectivity index is 2.16. The van der Waals surface area contributed by atoms with Gasteiger partial charge in [-0.1, -0.05) is 35.6 Å². The van der Waals surface area contributed by atoms with Crippen LogP contribution in [0.15, 0.2) is 34.4 Å². The summed E-state index contributed by atoms with van der Waals surface area (Å²) in [5.74, 6) is 0. The summed E-state index contributed by atoms with van der Waals surface area (Å²) < 4.78 is 0. The monoisotopic (exact) mass is 281 g/mol. The zero-order valence-electron chi connectivity index (χ0n) is 10.1. The Labute approximate surface area is 113 Å². The molecule has 2 aromatic rings. The summed E-state index contributed by atoms with van der Waals surface area (Å²) in [7, 11) is 0. The first-order valence-corrected chi connectivity index (χ1v) is 6.75. The molecule has 5 nitrogen and oxygen atoms in total. The fourth-order valence-electron chi connectivity index (χ4n) is 1.79. The van der Waals surface area contributed by atoms with E-state index < -0.39 is 12.2 Å². The molecule has 0 aliphatic heterocycles. The van der Waals surface area contributed by atoms with Gasteiger partial charge in [0, 0.05) is 12.0 Å². The van der Waals surface area contributed by atoms with Gasteiger partial charge >= 0.3 is 4.87 Å². The summed E-state index contributed by atoms with van der Waals surface area (Å²) in [5, 5.41) is 29.9. The number of aromatic nitrogens is 1. The van der Waals surface area contributed by atoms with E-state index in [4.69, 9.17) is 5.11 Å². The van der Waals surface area contributed by atoms with Gasteiger partial charge < -0.3 is 20.3 Å². The van der Waals surface area contributed by atoms with Gasteiger partial charge in [0.15, 0.2) is 0 Å². The van der Waals surface area contributed by atoms with Crippen molar-refractivity contribution in [1.82, 2.24) is 4.98 Å². The number of rotatable bonds is 5. The highest BCUT2D eigenvalue weighted by molar-refractivity contribution is 7.07. The summed E-state index contributed by atoms with van der Waals surface area (Å²) in [6.07, 6.45) is -1.89. The van der Waals surface area contributed by atoms with Crippen LogP contribution in [0.3, 0.4) is 0 Å². The summed E-state index contributed by atoms with van der Waals surface area (Å²) >= 11 is 1.09. The molecule has 102 valence electrons. The maximum Gasteiger partial charge on any atom is 0.304 e. The second-order valence-corrected chi connectivity index (χ2v) is 5.05. The molecular weight excluding hydrogens is 266 g/mol. The van der Waals surface area contributed by atoms with Crippen molar-refractivity contribution in [2.75, 3.05) is 6.61 Å². The van der Waals surface area contributed by atoms with Crippen molar-refractivity contribution in [3.8, 4) is 11.3 Å². The highest BCUT2D eigenvalue weighted by Crippen LogP contribution is 2.23. The minimum atomic E-state index is -1.03. The minimum Gasteiger partial charge on any atom is -0.396 e. The highest BCUT2D eigenvalue weighted by atomic mass is 32.1. The summed E-state index contributed by atoms with van der Waals surface area (Å²) in [5.41, 5.74) is 2.14. The minimum absolute atomic E-state index is 0.113. The summed E-state index contributed by atoms with van der Waals surface area (Å²) in [6, 6.07) is 6.91. The molecular formula is C13H15NO4S. The second kappa shape index (κ2) is 6.12. The first-order valence-electron chi connectivity index (χ1n) is 5.87. The third-order valence-electron chi connectivity index (χ3n) is 2.87. The second-order valence-electron chi connectivity index (χ2n) is 4.21. The number of aliphatic hydroxyl groups excluding tert-OH is 3. The highest BCUT2D eigenvalue weighted by Gasteiger charge is 2.17. The van der Waals surface area contributed by atoms with Crippen LogP contribution in [0.5, 0.6) is 0 Å². The van der Waals surface area contributed by atoms with Crippen molar-refractivity contribution >= 4 is 11.3 Å². The van der Waals surface area contributed by atoms with Crippen LogP contribution in [0, 0.1) is 0 Å². The first-order chi connectivity index (χ1) is 9.11. The predicted molar refractivity (Wildman–Crippen MR) is 73.0 cm³/mol. The van der Waals surface area contributed by atoms with Crippen LogP contribution in [0.25, 0.3) is 11.3 Å². The van der Waals surface area contributed by atoms with Crippen molar-refractivity contribution in [2.24, 2.45) is 0 Å². The Morgan fingerprint density at radius 3 is 2.42 bits per heavy atom.